The number of rotatable bonds is 5. The molecule has 33 heavy (non-hydrogen) atoms. The minimum absolute atomic E-state index is 0.172. The lowest BCUT2D eigenvalue weighted by molar-refractivity contribution is -0.123. The number of hydrogen-bond acceptors (Lipinski definition) is 6. The Kier molecular flexibility index (Phi) is 5.58. The summed E-state index contributed by atoms with van der Waals surface area (Å²) in [6.07, 6.45) is 4.15. The molecule has 0 radical (unpaired) electrons. The zero-order valence-corrected chi connectivity index (χ0v) is 18.5. The van der Waals surface area contributed by atoms with Crippen LogP contribution in [0.25, 0.3) is 22.4 Å². The van der Waals surface area contributed by atoms with Crippen LogP contribution in [0.4, 0.5) is 10.8 Å². The molecule has 2 amide bonds. The molecule has 1 aliphatic rings. The van der Waals surface area contributed by atoms with Gasteiger partial charge in [-0.25, -0.2) is 4.98 Å². The molecule has 0 bridgehead atoms. The van der Waals surface area contributed by atoms with E-state index < -0.39 is 6.04 Å². The number of benzene rings is 2. The Hall–Kier alpha value is -4.04. The van der Waals surface area contributed by atoms with Gasteiger partial charge in [-0.1, -0.05) is 18.2 Å². The quantitative estimate of drug-likeness (QED) is 0.437. The fourth-order valence-corrected chi connectivity index (χ4v) is 4.47. The summed E-state index contributed by atoms with van der Waals surface area (Å²) in [4.78, 5) is 35.8. The Balaban J connectivity index is 1.27. The van der Waals surface area contributed by atoms with Gasteiger partial charge < -0.3 is 16.0 Å². The summed E-state index contributed by atoms with van der Waals surface area (Å²) < 4.78 is 0. The molecular weight excluding hydrogens is 434 g/mol. The summed E-state index contributed by atoms with van der Waals surface area (Å²) in [6.45, 7) is 0.548. The van der Waals surface area contributed by atoms with Crippen molar-refractivity contribution in [2.75, 3.05) is 17.6 Å². The minimum Gasteiger partial charge on any atom is -0.399 e. The van der Waals surface area contributed by atoms with Crippen LogP contribution < -0.4 is 11.1 Å². The van der Waals surface area contributed by atoms with Gasteiger partial charge in [0.25, 0.3) is 5.91 Å². The molecular formula is C25H21N5O2S. The van der Waals surface area contributed by atoms with Crippen molar-refractivity contribution in [3.05, 3.63) is 84.0 Å². The van der Waals surface area contributed by atoms with E-state index in [0.717, 1.165) is 22.4 Å². The summed E-state index contributed by atoms with van der Waals surface area (Å²) in [5.41, 5.74) is 10.7. The number of hydrogen-bond donors (Lipinski definition) is 2. The molecule has 164 valence electrons. The van der Waals surface area contributed by atoms with Crippen LogP contribution in [0.5, 0.6) is 0 Å². The third-order valence-electron chi connectivity index (χ3n) is 5.65. The summed E-state index contributed by atoms with van der Waals surface area (Å²) in [7, 11) is 0. The number of anilines is 2. The van der Waals surface area contributed by atoms with Crippen LogP contribution in [0.1, 0.15) is 16.8 Å². The number of likely N-dealkylation sites (tertiary alicyclic amines) is 1. The molecule has 8 heteroatoms. The van der Waals surface area contributed by atoms with Gasteiger partial charge in [0.15, 0.2) is 5.13 Å². The molecule has 2 aromatic carbocycles. The molecule has 0 saturated carbocycles. The third kappa shape index (κ3) is 4.33. The van der Waals surface area contributed by atoms with Crippen molar-refractivity contribution >= 4 is 34.0 Å². The molecule has 4 aromatic rings. The molecule has 1 aliphatic heterocycles. The highest BCUT2D eigenvalue weighted by Crippen LogP contribution is 2.29. The lowest BCUT2D eigenvalue weighted by Crippen LogP contribution is -2.56. The summed E-state index contributed by atoms with van der Waals surface area (Å²) >= 11 is 1.36. The highest BCUT2D eigenvalue weighted by molar-refractivity contribution is 7.14. The Labute approximate surface area is 194 Å². The van der Waals surface area contributed by atoms with Crippen molar-refractivity contribution in [1.29, 1.82) is 0 Å². The van der Waals surface area contributed by atoms with Gasteiger partial charge >= 0.3 is 0 Å². The van der Waals surface area contributed by atoms with Crippen molar-refractivity contribution in [1.82, 2.24) is 14.9 Å². The first kappa shape index (κ1) is 20.8. The first-order valence-corrected chi connectivity index (χ1v) is 11.4. The monoisotopic (exact) mass is 455 g/mol. The molecule has 3 N–H and O–H groups in total. The number of nitrogens with one attached hydrogen (secondary N) is 1. The minimum atomic E-state index is -0.502. The van der Waals surface area contributed by atoms with E-state index in [0.29, 0.717) is 29.3 Å². The Morgan fingerprint density at radius 2 is 1.76 bits per heavy atom. The highest BCUT2D eigenvalue weighted by Gasteiger charge is 2.38. The van der Waals surface area contributed by atoms with Crippen LogP contribution in [-0.2, 0) is 4.79 Å². The zero-order valence-electron chi connectivity index (χ0n) is 17.6. The molecule has 1 atom stereocenters. The van der Waals surface area contributed by atoms with Crippen LogP contribution >= 0.6 is 11.3 Å². The average Bonchev–Trinajstić information content (AvgIpc) is 3.28. The van der Waals surface area contributed by atoms with E-state index in [1.54, 1.807) is 41.6 Å². The molecule has 5 rings (SSSR count). The number of nitrogens with zero attached hydrogens (tertiary/aromatic N) is 3. The van der Waals surface area contributed by atoms with E-state index in [2.05, 4.69) is 21.4 Å². The maximum Gasteiger partial charge on any atom is 0.254 e. The first-order chi connectivity index (χ1) is 16.1. The zero-order chi connectivity index (χ0) is 22.8. The molecule has 0 aliphatic carbocycles. The Morgan fingerprint density at radius 3 is 2.48 bits per heavy atom. The lowest BCUT2D eigenvalue weighted by Gasteiger charge is -2.39. The van der Waals surface area contributed by atoms with E-state index in [4.69, 9.17) is 5.73 Å². The molecule has 0 spiro atoms. The van der Waals surface area contributed by atoms with Gasteiger partial charge in [0.05, 0.1) is 5.69 Å². The number of carbonyl (C=O) groups excluding carboxylic acids is 2. The summed E-state index contributed by atoms with van der Waals surface area (Å²) in [5.74, 6) is -0.398. The molecule has 1 saturated heterocycles. The normalized spacial score (nSPS) is 15.0. The van der Waals surface area contributed by atoms with E-state index in [9.17, 15) is 9.59 Å². The maximum atomic E-state index is 12.8. The van der Waals surface area contributed by atoms with Crippen LogP contribution in [0.3, 0.4) is 0 Å². The van der Waals surface area contributed by atoms with Gasteiger partial charge in [-0.3, -0.25) is 14.6 Å². The van der Waals surface area contributed by atoms with Gasteiger partial charge in [0.1, 0.15) is 6.04 Å². The molecule has 3 heterocycles. The van der Waals surface area contributed by atoms with Crippen molar-refractivity contribution in [2.45, 2.75) is 12.5 Å². The van der Waals surface area contributed by atoms with Gasteiger partial charge in [-0.15, -0.1) is 11.3 Å². The van der Waals surface area contributed by atoms with Gasteiger partial charge in [0.2, 0.25) is 5.91 Å². The number of carbonyl (C=O) groups is 2. The van der Waals surface area contributed by atoms with Gasteiger partial charge in [0, 0.05) is 41.1 Å². The summed E-state index contributed by atoms with van der Waals surface area (Å²) in [5, 5.41) is 5.30. The van der Waals surface area contributed by atoms with E-state index in [-0.39, 0.29) is 11.8 Å². The lowest BCUT2D eigenvalue weighted by atomic mass is 10.0. The maximum absolute atomic E-state index is 12.8. The number of aromatic nitrogens is 2. The highest BCUT2D eigenvalue weighted by atomic mass is 32.1. The number of nitrogens with two attached hydrogens (primary N) is 1. The molecule has 2 aromatic heterocycles. The second-order valence-electron chi connectivity index (χ2n) is 7.77. The Morgan fingerprint density at radius 1 is 1.00 bits per heavy atom. The van der Waals surface area contributed by atoms with E-state index >= 15 is 0 Å². The molecule has 0 unspecified atom stereocenters. The third-order valence-corrected chi connectivity index (χ3v) is 6.40. The molecule has 7 nitrogen and oxygen atoms in total. The van der Waals surface area contributed by atoms with Crippen molar-refractivity contribution in [3.8, 4) is 22.4 Å². The first-order valence-electron chi connectivity index (χ1n) is 10.5. The van der Waals surface area contributed by atoms with Gasteiger partial charge in [-0.2, -0.15) is 0 Å². The van der Waals surface area contributed by atoms with E-state index in [1.165, 1.54) is 11.3 Å². The molecule has 1 fully saturated rings. The standard InChI is InChI=1S/C25H21N5O2S/c26-20-6-4-17(5-7-20)24(32)30-13-10-22(30)23(31)29-25-28-21(15-33-25)19-3-1-2-18(14-19)16-8-11-27-12-9-16/h1-9,11-12,14-15,22H,10,13,26H2,(H,28,29,31)/t22-/m0/s1. The SMILES string of the molecule is Nc1ccc(C(=O)N2CC[C@H]2C(=O)Nc2nc(-c3cccc(-c4ccncc4)c3)cs2)cc1. The topological polar surface area (TPSA) is 101 Å². The van der Waals surface area contributed by atoms with Crippen LogP contribution in [0, 0.1) is 0 Å². The number of amides is 2. The predicted octanol–water partition coefficient (Wildman–Crippen LogP) is 4.31. The number of thiazole rings is 1. The van der Waals surface area contributed by atoms with Crippen LogP contribution in [0.2, 0.25) is 0 Å². The van der Waals surface area contributed by atoms with Crippen LogP contribution in [0.15, 0.2) is 78.4 Å². The number of nitrogen functional groups attached to an aromatic ring is 1. The average molecular weight is 456 g/mol. The fraction of sp³-hybridized carbons (Fsp3) is 0.120. The summed E-state index contributed by atoms with van der Waals surface area (Å²) in [6, 6.07) is 18.2. The second-order valence-corrected chi connectivity index (χ2v) is 8.63. The smallest absolute Gasteiger partial charge is 0.254 e. The van der Waals surface area contributed by atoms with Gasteiger partial charge in [-0.05, 0) is 60.0 Å². The fourth-order valence-electron chi connectivity index (χ4n) is 3.75. The van der Waals surface area contributed by atoms with Crippen molar-refractivity contribution in [3.63, 3.8) is 0 Å². The van der Waals surface area contributed by atoms with Crippen molar-refractivity contribution < 1.29 is 9.59 Å². The largest absolute Gasteiger partial charge is 0.399 e. The number of pyridine rings is 1. The van der Waals surface area contributed by atoms with Crippen LogP contribution in [-0.4, -0.2) is 39.3 Å². The Bertz CT molecular complexity index is 1300. The second kappa shape index (κ2) is 8.84. The van der Waals surface area contributed by atoms with E-state index in [1.807, 2.05) is 35.7 Å². The van der Waals surface area contributed by atoms with Crippen molar-refractivity contribution in [2.24, 2.45) is 0 Å². The predicted molar refractivity (Wildman–Crippen MR) is 130 cm³/mol.